The van der Waals surface area contributed by atoms with Gasteiger partial charge in [0.15, 0.2) is 0 Å². The van der Waals surface area contributed by atoms with Crippen molar-refractivity contribution >= 4 is 5.82 Å². The van der Waals surface area contributed by atoms with E-state index < -0.39 is 0 Å². The second-order valence-corrected chi connectivity index (χ2v) is 2.23. The Morgan fingerprint density at radius 2 is 2.38 bits per heavy atom. The Morgan fingerprint density at radius 3 is 3.08 bits per heavy atom. The molecule has 13 heavy (non-hydrogen) atoms. The molecule has 0 bridgehead atoms. The van der Waals surface area contributed by atoms with Crippen molar-refractivity contribution in [2.45, 2.75) is 6.92 Å². The minimum Gasteiger partial charge on any atom is -0.481 e. The molecule has 0 unspecified atom stereocenters. The zero-order valence-electron chi connectivity index (χ0n) is 7.66. The first-order valence-corrected chi connectivity index (χ1v) is 3.86. The summed E-state index contributed by atoms with van der Waals surface area (Å²) in [6, 6.07) is 1.72. The van der Waals surface area contributed by atoms with Gasteiger partial charge in [0, 0.05) is 6.07 Å². The number of anilines is 1. The SMILES string of the molecule is CC#CCNc1cc(OC)ncn1. The zero-order chi connectivity index (χ0) is 9.52. The highest BCUT2D eigenvalue weighted by molar-refractivity contribution is 5.38. The first-order chi connectivity index (χ1) is 6.36. The second-order valence-electron chi connectivity index (χ2n) is 2.23. The predicted octanol–water partition coefficient (Wildman–Crippen LogP) is 0.920. The smallest absolute Gasteiger partial charge is 0.218 e. The Kier molecular flexibility index (Phi) is 3.58. The summed E-state index contributed by atoms with van der Waals surface area (Å²) in [5, 5.41) is 3.02. The van der Waals surface area contributed by atoms with E-state index in [4.69, 9.17) is 4.74 Å². The Labute approximate surface area is 77.4 Å². The maximum absolute atomic E-state index is 4.93. The highest BCUT2D eigenvalue weighted by Gasteiger charge is 1.95. The average molecular weight is 177 g/mol. The molecule has 0 fully saturated rings. The Hall–Kier alpha value is -1.76. The summed E-state index contributed by atoms with van der Waals surface area (Å²) in [6.07, 6.45) is 1.44. The van der Waals surface area contributed by atoms with E-state index in [0.29, 0.717) is 12.4 Å². The van der Waals surface area contributed by atoms with Gasteiger partial charge in [0.05, 0.1) is 13.7 Å². The van der Waals surface area contributed by atoms with Gasteiger partial charge in [0.25, 0.3) is 0 Å². The molecule has 0 saturated carbocycles. The molecule has 0 aliphatic carbocycles. The molecule has 0 aliphatic heterocycles. The fraction of sp³-hybridized carbons (Fsp3) is 0.333. The van der Waals surface area contributed by atoms with Crippen LogP contribution in [0.4, 0.5) is 5.82 Å². The van der Waals surface area contributed by atoms with Crippen LogP contribution < -0.4 is 10.1 Å². The van der Waals surface area contributed by atoms with Crippen molar-refractivity contribution in [3.05, 3.63) is 12.4 Å². The van der Waals surface area contributed by atoms with Gasteiger partial charge >= 0.3 is 0 Å². The lowest BCUT2D eigenvalue weighted by Crippen LogP contribution is -2.01. The largest absolute Gasteiger partial charge is 0.481 e. The van der Waals surface area contributed by atoms with E-state index in [1.54, 1.807) is 20.1 Å². The van der Waals surface area contributed by atoms with E-state index in [0.717, 1.165) is 5.82 Å². The molecule has 4 nitrogen and oxygen atoms in total. The topological polar surface area (TPSA) is 47.0 Å². The maximum atomic E-state index is 4.93. The number of hydrogen-bond acceptors (Lipinski definition) is 4. The Balaban J connectivity index is 2.59. The lowest BCUT2D eigenvalue weighted by atomic mass is 10.5. The van der Waals surface area contributed by atoms with Gasteiger partial charge in [-0.05, 0) is 6.92 Å². The maximum Gasteiger partial charge on any atom is 0.218 e. The Bertz CT molecular complexity index is 327. The van der Waals surface area contributed by atoms with E-state index in [2.05, 4.69) is 27.1 Å². The van der Waals surface area contributed by atoms with Gasteiger partial charge in [-0.2, -0.15) is 0 Å². The van der Waals surface area contributed by atoms with Gasteiger partial charge in [-0.25, -0.2) is 9.97 Å². The number of ether oxygens (including phenoxy) is 1. The summed E-state index contributed by atoms with van der Waals surface area (Å²) in [4.78, 5) is 7.87. The van der Waals surface area contributed by atoms with Crippen LogP contribution in [0.25, 0.3) is 0 Å². The third-order valence-electron chi connectivity index (χ3n) is 1.39. The molecule has 1 aromatic heterocycles. The van der Waals surface area contributed by atoms with Crippen molar-refractivity contribution in [2.24, 2.45) is 0 Å². The number of nitrogens with one attached hydrogen (secondary N) is 1. The standard InChI is InChI=1S/C9H11N3O/c1-3-4-5-10-8-6-9(13-2)12-7-11-8/h6-7H,5H2,1-2H3,(H,10,11,12). The third-order valence-corrected chi connectivity index (χ3v) is 1.39. The van der Waals surface area contributed by atoms with E-state index in [1.165, 1.54) is 6.33 Å². The van der Waals surface area contributed by atoms with E-state index in [-0.39, 0.29) is 0 Å². The van der Waals surface area contributed by atoms with Gasteiger partial charge < -0.3 is 10.1 Å². The van der Waals surface area contributed by atoms with Gasteiger partial charge in [-0.15, -0.1) is 5.92 Å². The van der Waals surface area contributed by atoms with Crippen LogP contribution in [0, 0.1) is 11.8 Å². The molecular weight excluding hydrogens is 166 g/mol. The van der Waals surface area contributed by atoms with Crippen LogP contribution in [0.3, 0.4) is 0 Å². The van der Waals surface area contributed by atoms with Crippen molar-refractivity contribution < 1.29 is 4.74 Å². The van der Waals surface area contributed by atoms with Crippen LogP contribution in [0.15, 0.2) is 12.4 Å². The summed E-state index contributed by atoms with van der Waals surface area (Å²) < 4.78 is 4.93. The van der Waals surface area contributed by atoms with Crippen molar-refractivity contribution in [3.8, 4) is 17.7 Å². The third kappa shape index (κ3) is 2.99. The molecule has 1 aromatic rings. The second kappa shape index (κ2) is 4.99. The van der Waals surface area contributed by atoms with Crippen molar-refractivity contribution in [1.82, 2.24) is 9.97 Å². The monoisotopic (exact) mass is 177 g/mol. The molecule has 0 aliphatic rings. The fourth-order valence-corrected chi connectivity index (χ4v) is 0.771. The number of hydrogen-bond donors (Lipinski definition) is 1. The van der Waals surface area contributed by atoms with Crippen LogP contribution in [0.2, 0.25) is 0 Å². The first-order valence-electron chi connectivity index (χ1n) is 3.86. The van der Waals surface area contributed by atoms with Crippen LogP contribution in [-0.4, -0.2) is 23.6 Å². The lowest BCUT2D eigenvalue weighted by Gasteiger charge is -2.02. The molecule has 1 rings (SSSR count). The highest BCUT2D eigenvalue weighted by atomic mass is 16.5. The Morgan fingerprint density at radius 1 is 1.54 bits per heavy atom. The molecule has 0 aromatic carbocycles. The minimum atomic E-state index is 0.543. The number of rotatable bonds is 3. The predicted molar refractivity (Wildman–Crippen MR) is 50.5 cm³/mol. The van der Waals surface area contributed by atoms with Crippen LogP contribution in [-0.2, 0) is 0 Å². The van der Waals surface area contributed by atoms with Crippen LogP contribution in [0.1, 0.15) is 6.92 Å². The first kappa shape index (κ1) is 9.33. The minimum absolute atomic E-state index is 0.543. The molecule has 0 amide bonds. The normalized spacial score (nSPS) is 8.46. The van der Waals surface area contributed by atoms with Crippen LogP contribution >= 0.6 is 0 Å². The van der Waals surface area contributed by atoms with Crippen molar-refractivity contribution in [1.29, 1.82) is 0 Å². The molecule has 68 valence electrons. The average Bonchev–Trinajstić information content (AvgIpc) is 2.19. The molecule has 0 radical (unpaired) electrons. The molecule has 4 heteroatoms. The van der Waals surface area contributed by atoms with Crippen molar-refractivity contribution in [3.63, 3.8) is 0 Å². The molecule has 1 N–H and O–H groups in total. The van der Waals surface area contributed by atoms with E-state index >= 15 is 0 Å². The van der Waals surface area contributed by atoms with E-state index in [9.17, 15) is 0 Å². The van der Waals surface area contributed by atoms with Gasteiger partial charge in [0.2, 0.25) is 5.88 Å². The van der Waals surface area contributed by atoms with Gasteiger partial charge in [-0.3, -0.25) is 0 Å². The summed E-state index contributed by atoms with van der Waals surface area (Å²) in [5.41, 5.74) is 0. The fourth-order valence-electron chi connectivity index (χ4n) is 0.771. The molecular formula is C9H11N3O. The summed E-state index contributed by atoms with van der Waals surface area (Å²) in [6.45, 7) is 2.37. The quantitative estimate of drug-likeness (QED) is 0.697. The zero-order valence-corrected chi connectivity index (χ0v) is 7.66. The van der Waals surface area contributed by atoms with Gasteiger partial charge in [-0.1, -0.05) is 5.92 Å². The van der Waals surface area contributed by atoms with E-state index in [1.807, 2.05) is 0 Å². The van der Waals surface area contributed by atoms with Gasteiger partial charge in [0.1, 0.15) is 12.1 Å². The lowest BCUT2D eigenvalue weighted by molar-refractivity contribution is 0.397. The molecule has 0 spiro atoms. The summed E-state index contributed by atoms with van der Waals surface area (Å²) in [7, 11) is 1.57. The molecule has 0 saturated heterocycles. The number of nitrogens with zero attached hydrogens (tertiary/aromatic N) is 2. The van der Waals surface area contributed by atoms with Crippen molar-refractivity contribution in [2.75, 3.05) is 19.0 Å². The number of methoxy groups -OCH3 is 1. The summed E-state index contributed by atoms with van der Waals surface area (Å²) >= 11 is 0. The molecule has 0 atom stereocenters. The highest BCUT2D eigenvalue weighted by Crippen LogP contribution is 2.08. The summed E-state index contributed by atoms with van der Waals surface area (Å²) in [5.74, 6) is 6.91. The van der Waals surface area contributed by atoms with Crippen LogP contribution in [0.5, 0.6) is 5.88 Å². The number of aromatic nitrogens is 2. The molecule has 1 heterocycles.